The van der Waals surface area contributed by atoms with Crippen molar-refractivity contribution in [3.63, 3.8) is 0 Å². The fourth-order valence-corrected chi connectivity index (χ4v) is 1.98. The summed E-state index contributed by atoms with van der Waals surface area (Å²) in [5.74, 6) is -1.07. The maximum Gasteiger partial charge on any atom is 0.333 e. The van der Waals surface area contributed by atoms with E-state index in [-0.39, 0.29) is 31.7 Å². The van der Waals surface area contributed by atoms with Crippen LogP contribution >= 0.6 is 8.25 Å². The van der Waals surface area contributed by atoms with Crippen LogP contribution in [-0.2, 0) is 28.2 Å². The third kappa shape index (κ3) is 10.5. The molecule has 0 saturated heterocycles. The van der Waals surface area contributed by atoms with Gasteiger partial charge in [-0.05, 0) is 26.2 Å². The summed E-state index contributed by atoms with van der Waals surface area (Å²) in [6.07, 6.45) is 2.57. The lowest BCUT2D eigenvalue weighted by Crippen LogP contribution is -2.20. The third-order valence-corrected chi connectivity index (χ3v) is 3.36. The summed E-state index contributed by atoms with van der Waals surface area (Å²) in [5.41, 5.74) is 0.297. The van der Waals surface area contributed by atoms with Crippen molar-refractivity contribution in [2.75, 3.05) is 19.8 Å². The Hall–Kier alpha value is -1.17. The maximum absolute atomic E-state index is 11.8. The first-order valence-corrected chi connectivity index (χ1v) is 8.49. The van der Waals surface area contributed by atoms with Crippen LogP contribution in [0.25, 0.3) is 0 Å². The summed E-state index contributed by atoms with van der Waals surface area (Å²) in [6, 6.07) is 0. The van der Waals surface area contributed by atoms with Gasteiger partial charge in [-0.3, -0.25) is 9.36 Å². The second-order valence-corrected chi connectivity index (χ2v) is 5.62. The fraction of sp³-hybridized carbons (Fsp3) is 0.714. The summed E-state index contributed by atoms with van der Waals surface area (Å²) in [4.78, 5) is 31.4. The van der Waals surface area contributed by atoms with E-state index in [1.54, 1.807) is 6.92 Å². The number of hydrogen-bond donors (Lipinski definition) is 1. The monoisotopic (exact) mass is 336 g/mol. The lowest BCUT2D eigenvalue weighted by atomic mass is 9.99. The normalized spacial score (nSPS) is 13.2. The van der Waals surface area contributed by atoms with Crippen LogP contribution in [0.4, 0.5) is 0 Å². The molecular weight excluding hydrogens is 311 g/mol. The summed E-state index contributed by atoms with van der Waals surface area (Å²) in [6.45, 7) is 7.10. The maximum atomic E-state index is 11.8. The molecule has 0 aliphatic rings. The van der Waals surface area contributed by atoms with Crippen molar-refractivity contribution < 1.29 is 33.0 Å². The van der Waals surface area contributed by atoms with Crippen LogP contribution in [0.15, 0.2) is 12.2 Å². The Morgan fingerprint density at radius 1 is 1.18 bits per heavy atom. The molecule has 0 spiro atoms. The van der Waals surface area contributed by atoms with E-state index in [4.69, 9.17) is 14.4 Å². The molecule has 128 valence electrons. The van der Waals surface area contributed by atoms with E-state index in [1.165, 1.54) is 0 Å². The van der Waals surface area contributed by atoms with E-state index in [1.807, 2.05) is 6.92 Å². The van der Waals surface area contributed by atoms with Gasteiger partial charge in [-0.25, -0.2) is 4.79 Å². The zero-order valence-corrected chi connectivity index (χ0v) is 14.1. The zero-order chi connectivity index (χ0) is 17.0. The fourth-order valence-electron chi connectivity index (χ4n) is 1.66. The van der Waals surface area contributed by atoms with Gasteiger partial charge in [0.25, 0.3) is 0 Å². The highest BCUT2D eigenvalue weighted by molar-refractivity contribution is 7.32. The van der Waals surface area contributed by atoms with Gasteiger partial charge in [0.1, 0.15) is 13.2 Å². The average Bonchev–Trinajstić information content (AvgIpc) is 2.46. The van der Waals surface area contributed by atoms with Crippen LogP contribution in [0.2, 0.25) is 0 Å². The molecule has 0 aromatic heterocycles. The van der Waals surface area contributed by atoms with Gasteiger partial charge >= 0.3 is 20.2 Å². The molecule has 7 nitrogen and oxygen atoms in total. The molecule has 0 aromatic carbocycles. The van der Waals surface area contributed by atoms with Crippen LogP contribution in [0.1, 0.15) is 39.5 Å². The van der Waals surface area contributed by atoms with Crippen molar-refractivity contribution in [2.45, 2.75) is 39.5 Å². The molecule has 1 N–H and O–H groups in total. The molecule has 0 fully saturated rings. The molecule has 0 aromatic rings. The Morgan fingerprint density at radius 3 is 2.36 bits per heavy atom. The van der Waals surface area contributed by atoms with Gasteiger partial charge in [0.05, 0.1) is 12.5 Å². The quantitative estimate of drug-likeness (QED) is 0.252. The Bertz CT molecular complexity index is 395. The molecule has 2 atom stereocenters. The number of esters is 2. The Kier molecular flexibility index (Phi) is 11.7. The van der Waals surface area contributed by atoms with Crippen molar-refractivity contribution in [2.24, 2.45) is 5.92 Å². The van der Waals surface area contributed by atoms with Gasteiger partial charge in [0, 0.05) is 5.57 Å². The molecule has 0 aliphatic heterocycles. The van der Waals surface area contributed by atoms with Crippen molar-refractivity contribution in [3.05, 3.63) is 12.2 Å². The molecule has 0 bridgehead atoms. The number of unbranched alkanes of at least 4 members (excludes halogenated alkanes) is 1. The Morgan fingerprint density at radius 2 is 1.82 bits per heavy atom. The van der Waals surface area contributed by atoms with Crippen LogP contribution in [0.5, 0.6) is 0 Å². The minimum Gasteiger partial charge on any atom is -0.462 e. The highest BCUT2D eigenvalue weighted by atomic mass is 31.1. The topological polar surface area (TPSA) is 99.1 Å². The van der Waals surface area contributed by atoms with Crippen LogP contribution in [-0.4, -0.2) is 36.7 Å². The molecule has 22 heavy (non-hydrogen) atoms. The molecule has 2 unspecified atom stereocenters. The predicted molar refractivity (Wildman–Crippen MR) is 81.5 cm³/mol. The second-order valence-electron chi connectivity index (χ2n) is 4.80. The van der Waals surface area contributed by atoms with Gasteiger partial charge < -0.3 is 18.9 Å². The van der Waals surface area contributed by atoms with Crippen LogP contribution in [0.3, 0.4) is 0 Å². The Balaban J connectivity index is 3.83. The summed E-state index contributed by atoms with van der Waals surface area (Å²) >= 11 is 0. The van der Waals surface area contributed by atoms with Crippen molar-refractivity contribution in [3.8, 4) is 0 Å². The van der Waals surface area contributed by atoms with E-state index >= 15 is 0 Å². The SMILES string of the molecule is C=C(C)C(=O)OCCOC(=O)C(CC)CCCCO[PH](=O)O. The third-order valence-electron chi connectivity index (χ3n) is 2.91. The molecule has 0 aliphatic carbocycles. The van der Waals surface area contributed by atoms with Gasteiger partial charge in [-0.15, -0.1) is 0 Å². The number of carbonyl (C=O) groups excluding carboxylic acids is 2. The summed E-state index contributed by atoms with van der Waals surface area (Å²) in [7, 11) is -2.87. The first-order valence-electron chi connectivity index (χ1n) is 7.23. The number of ether oxygens (including phenoxy) is 2. The van der Waals surface area contributed by atoms with Crippen LogP contribution in [0, 0.1) is 5.92 Å². The standard InChI is InChI=1S/C14H25O7P/c1-4-12(7-5-6-8-21-22(17)18)14(16)20-10-9-19-13(15)11(2)3/h12,22H,2,4-10H2,1,3H3,(H,17,18). The van der Waals surface area contributed by atoms with Gasteiger partial charge in [-0.1, -0.05) is 19.9 Å². The molecule has 0 rings (SSSR count). The molecule has 0 radical (unpaired) electrons. The van der Waals surface area contributed by atoms with Crippen molar-refractivity contribution in [1.29, 1.82) is 0 Å². The molecule has 0 heterocycles. The molecule has 8 heteroatoms. The summed E-state index contributed by atoms with van der Waals surface area (Å²) in [5, 5.41) is 0. The molecular formula is C14H25O7P. The van der Waals surface area contributed by atoms with E-state index in [0.717, 1.165) is 0 Å². The highest BCUT2D eigenvalue weighted by Crippen LogP contribution is 2.18. The zero-order valence-electron chi connectivity index (χ0n) is 13.1. The Labute approximate surface area is 131 Å². The van der Waals surface area contributed by atoms with Crippen LogP contribution < -0.4 is 0 Å². The van der Waals surface area contributed by atoms with E-state index in [0.29, 0.717) is 31.3 Å². The van der Waals surface area contributed by atoms with Gasteiger partial charge in [0.2, 0.25) is 0 Å². The second kappa shape index (κ2) is 12.4. The number of rotatable bonds is 12. The lowest BCUT2D eigenvalue weighted by molar-refractivity contribution is -0.154. The first kappa shape index (κ1) is 20.8. The molecule has 0 amide bonds. The van der Waals surface area contributed by atoms with Crippen molar-refractivity contribution >= 4 is 20.2 Å². The average molecular weight is 336 g/mol. The van der Waals surface area contributed by atoms with Crippen molar-refractivity contribution in [1.82, 2.24) is 0 Å². The summed E-state index contributed by atoms with van der Waals surface area (Å²) < 4.78 is 24.8. The molecule has 0 saturated carbocycles. The highest BCUT2D eigenvalue weighted by Gasteiger charge is 2.17. The van der Waals surface area contributed by atoms with E-state index in [9.17, 15) is 14.2 Å². The predicted octanol–water partition coefficient (Wildman–Crippen LogP) is 2.24. The van der Waals surface area contributed by atoms with Gasteiger partial charge in [0.15, 0.2) is 0 Å². The minimum absolute atomic E-state index is 0.00644. The lowest BCUT2D eigenvalue weighted by Gasteiger charge is -2.14. The minimum atomic E-state index is -2.87. The number of carbonyl (C=O) groups is 2. The van der Waals surface area contributed by atoms with Gasteiger partial charge in [-0.2, -0.15) is 0 Å². The van der Waals surface area contributed by atoms with E-state index < -0.39 is 14.2 Å². The number of hydrogen-bond acceptors (Lipinski definition) is 6. The largest absolute Gasteiger partial charge is 0.462 e. The smallest absolute Gasteiger partial charge is 0.333 e. The van der Waals surface area contributed by atoms with E-state index in [2.05, 4.69) is 11.1 Å². The first-order chi connectivity index (χ1) is 10.4.